The van der Waals surface area contributed by atoms with Crippen LogP contribution in [0.3, 0.4) is 0 Å². The molecule has 82 valence electrons. The summed E-state index contributed by atoms with van der Waals surface area (Å²) in [5, 5.41) is 0. The van der Waals surface area contributed by atoms with E-state index in [1.54, 1.807) is 12.1 Å². The van der Waals surface area contributed by atoms with E-state index in [1.807, 2.05) is 6.92 Å². The van der Waals surface area contributed by atoms with Crippen molar-refractivity contribution in [3.05, 3.63) is 36.4 Å². The molecule has 0 aliphatic carbocycles. The summed E-state index contributed by atoms with van der Waals surface area (Å²) in [6.07, 6.45) is 0. The van der Waals surface area contributed by atoms with Crippen molar-refractivity contribution in [3.63, 3.8) is 0 Å². The van der Waals surface area contributed by atoms with Crippen molar-refractivity contribution in [1.82, 2.24) is 0 Å². The van der Waals surface area contributed by atoms with Crippen molar-refractivity contribution in [2.75, 3.05) is 6.61 Å². The zero-order valence-corrected chi connectivity index (χ0v) is 9.81. The van der Waals surface area contributed by atoms with Gasteiger partial charge in [0.15, 0.2) is 0 Å². The topological polar surface area (TPSA) is 43.4 Å². The van der Waals surface area contributed by atoms with Gasteiger partial charge in [-0.2, -0.15) is 0 Å². The first kappa shape index (κ1) is 12.1. The Kier molecular flexibility index (Phi) is 3.77. The van der Waals surface area contributed by atoms with Crippen LogP contribution >= 0.6 is 10.7 Å². The van der Waals surface area contributed by atoms with Gasteiger partial charge < -0.3 is 4.74 Å². The molecule has 0 aliphatic rings. The molecule has 0 bridgehead atoms. The van der Waals surface area contributed by atoms with Gasteiger partial charge in [0.05, 0.1) is 4.90 Å². The second kappa shape index (κ2) is 4.68. The van der Waals surface area contributed by atoms with Gasteiger partial charge in [0, 0.05) is 16.7 Å². The predicted molar refractivity (Wildman–Crippen MR) is 59.8 cm³/mol. The monoisotopic (exact) mass is 246 g/mol. The van der Waals surface area contributed by atoms with Gasteiger partial charge in [-0.05, 0) is 24.6 Å². The van der Waals surface area contributed by atoms with Gasteiger partial charge in [0.2, 0.25) is 0 Å². The summed E-state index contributed by atoms with van der Waals surface area (Å²) in [5.41, 5.74) is 0.856. The molecule has 0 radical (unpaired) electrons. The molecule has 5 heteroatoms. The maximum absolute atomic E-state index is 11.0. The number of halogens is 1. The van der Waals surface area contributed by atoms with E-state index >= 15 is 0 Å². The fraction of sp³-hybridized carbons (Fsp3) is 0.200. The molecule has 0 atom stereocenters. The Labute approximate surface area is 93.7 Å². The van der Waals surface area contributed by atoms with Crippen LogP contribution < -0.4 is 4.74 Å². The first-order valence-corrected chi connectivity index (χ1v) is 6.52. The summed E-state index contributed by atoms with van der Waals surface area (Å²) < 4.78 is 27.3. The lowest BCUT2D eigenvalue weighted by Crippen LogP contribution is -1.98. The minimum Gasteiger partial charge on any atom is -0.489 e. The Bertz CT molecular complexity index is 465. The standard InChI is InChI=1S/C10H11ClO3S/c1-8(2)7-14-9-4-3-5-10(6-9)15(11,12)13/h3-6H,1,7H2,2H3. The van der Waals surface area contributed by atoms with Crippen LogP contribution in [0, 0.1) is 0 Å². The summed E-state index contributed by atoms with van der Waals surface area (Å²) in [4.78, 5) is 0.0309. The third-order valence-electron chi connectivity index (χ3n) is 1.57. The van der Waals surface area contributed by atoms with Crippen molar-refractivity contribution in [2.24, 2.45) is 0 Å². The lowest BCUT2D eigenvalue weighted by molar-refractivity contribution is 0.352. The Morgan fingerprint density at radius 2 is 2.20 bits per heavy atom. The van der Waals surface area contributed by atoms with Crippen LogP contribution in [-0.4, -0.2) is 15.0 Å². The van der Waals surface area contributed by atoms with Gasteiger partial charge >= 0.3 is 0 Å². The van der Waals surface area contributed by atoms with Gasteiger partial charge in [-0.15, -0.1) is 0 Å². The summed E-state index contributed by atoms with van der Waals surface area (Å²) in [6, 6.07) is 6.03. The highest BCUT2D eigenvalue weighted by Gasteiger charge is 2.10. The zero-order valence-electron chi connectivity index (χ0n) is 8.23. The Balaban J connectivity index is 2.89. The molecular formula is C10H11ClO3S. The highest BCUT2D eigenvalue weighted by Crippen LogP contribution is 2.20. The third kappa shape index (κ3) is 3.93. The fourth-order valence-electron chi connectivity index (χ4n) is 0.922. The maximum atomic E-state index is 11.0. The van der Waals surface area contributed by atoms with Crippen LogP contribution in [0.15, 0.2) is 41.3 Å². The fourth-order valence-corrected chi connectivity index (χ4v) is 1.71. The first-order chi connectivity index (χ1) is 6.89. The molecule has 15 heavy (non-hydrogen) atoms. The number of hydrogen-bond acceptors (Lipinski definition) is 3. The highest BCUT2D eigenvalue weighted by molar-refractivity contribution is 8.13. The van der Waals surface area contributed by atoms with E-state index in [9.17, 15) is 8.42 Å². The average molecular weight is 247 g/mol. The molecule has 1 aromatic carbocycles. The van der Waals surface area contributed by atoms with Crippen LogP contribution in [0.4, 0.5) is 0 Å². The number of rotatable bonds is 4. The van der Waals surface area contributed by atoms with Crippen LogP contribution in [0.5, 0.6) is 5.75 Å². The lowest BCUT2D eigenvalue weighted by Gasteiger charge is -2.06. The van der Waals surface area contributed by atoms with Crippen LogP contribution in [0.1, 0.15) is 6.92 Å². The largest absolute Gasteiger partial charge is 0.489 e. The van der Waals surface area contributed by atoms with Crippen LogP contribution in [-0.2, 0) is 9.05 Å². The summed E-state index contributed by atoms with van der Waals surface area (Å²) in [6.45, 7) is 5.85. The van der Waals surface area contributed by atoms with E-state index in [2.05, 4.69) is 6.58 Å². The van der Waals surface area contributed by atoms with Gasteiger partial charge in [0.1, 0.15) is 12.4 Å². The molecule has 0 saturated heterocycles. The average Bonchev–Trinajstić information content (AvgIpc) is 2.14. The molecule has 0 heterocycles. The van der Waals surface area contributed by atoms with Crippen LogP contribution in [0.2, 0.25) is 0 Å². The molecule has 0 fully saturated rings. The molecule has 0 aromatic heterocycles. The summed E-state index contributed by atoms with van der Waals surface area (Å²) in [7, 11) is 1.50. The first-order valence-electron chi connectivity index (χ1n) is 4.21. The SMILES string of the molecule is C=C(C)COc1cccc(S(=O)(=O)Cl)c1. The van der Waals surface area contributed by atoms with E-state index in [0.717, 1.165) is 5.57 Å². The minimum atomic E-state index is -3.69. The van der Waals surface area contributed by atoms with E-state index in [4.69, 9.17) is 15.4 Å². The molecule has 0 spiro atoms. The smallest absolute Gasteiger partial charge is 0.261 e. The molecular weight excluding hydrogens is 236 g/mol. The minimum absolute atomic E-state index is 0.0309. The highest BCUT2D eigenvalue weighted by atomic mass is 35.7. The number of ether oxygens (including phenoxy) is 1. The second-order valence-corrected chi connectivity index (χ2v) is 5.72. The molecule has 3 nitrogen and oxygen atoms in total. The lowest BCUT2D eigenvalue weighted by atomic mass is 10.3. The summed E-state index contributed by atoms with van der Waals surface area (Å²) in [5.74, 6) is 0.458. The molecule has 1 aromatic rings. The van der Waals surface area contributed by atoms with Gasteiger partial charge in [-0.25, -0.2) is 8.42 Å². The number of hydrogen-bond donors (Lipinski definition) is 0. The number of benzene rings is 1. The third-order valence-corrected chi connectivity index (χ3v) is 2.92. The molecule has 0 aliphatic heterocycles. The Morgan fingerprint density at radius 1 is 1.53 bits per heavy atom. The summed E-state index contributed by atoms with van der Waals surface area (Å²) >= 11 is 0. The van der Waals surface area contributed by atoms with Crippen molar-refractivity contribution >= 4 is 19.7 Å². The molecule has 1 rings (SSSR count). The van der Waals surface area contributed by atoms with E-state index in [1.165, 1.54) is 12.1 Å². The zero-order chi connectivity index (χ0) is 11.5. The predicted octanol–water partition coefficient (Wildman–Crippen LogP) is 2.57. The van der Waals surface area contributed by atoms with Gasteiger partial charge in [-0.3, -0.25) is 0 Å². The van der Waals surface area contributed by atoms with E-state index in [-0.39, 0.29) is 4.90 Å². The molecule has 0 N–H and O–H groups in total. The molecule has 0 amide bonds. The van der Waals surface area contributed by atoms with E-state index in [0.29, 0.717) is 12.4 Å². The van der Waals surface area contributed by atoms with Crippen molar-refractivity contribution in [1.29, 1.82) is 0 Å². The molecule has 0 saturated carbocycles. The Morgan fingerprint density at radius 3 is 2.73 bits per heavy atom. The second-order valence-electron chi connectivity index (χ2n) is 3.16. The molecule has 0 unspecified atom stereocenters. The normalized spacial score (nSPS) is 11.1. The van der Waals surface area contributed by atoms with Crippen molar-refractivity contribution in [3.8, 4) is 5.75 Å². The van der Waals surface area contributed by atoms with Gasteiger partial charge in [-0.1, -0.05) is 12.6 Å². The van der Waals surface area contributed by atoms with E-state index < -0.39 is 9.05 Å². The van der Waals surface area contributed by atoms with Crippen molar-refractivity contribution < 1.29 is 13.2 Å². The Hall–Kier alpha value is -1.00. The maximum Gasteiger partial charge on any atom is 0.261 e. The van der Waals surface area contributed by atoms with Gasteiger partial charge in [0.25, 0.3) is 9.05 Å². The quantitative estimate of drug-likeness (QED) is 0.606. The van der Waals surface area contributed by atoms with Crippen molar-refractivity contribution in [2.45, 2.75) is 11.8 Å². The van der Waals surface area contributed by atoms with Crippen LogP contribution in [0.25, 0.3) is 0 Å².